The van der Waals surface area contributed by atoms with Crippen molar-refractivity contribution >= 4 is 6.34 Å². The van der Waals surface area contributed by atoms with Crippen molar-refractivity contribution in [2.75, 3.05) is 40.3 Å². The summed E-state index contributed by atoms with van der Waals surface area (Å²) in [6, 6.07) is 0. The summed E-state index contributed by atoms with van der Waals surface area (Å²) in [5.41, 5.74) is 3.29. The van der Waals surface area contributed by atoms with E-state index in [1.165, 1.54) is 6.42 Å². The number of nitrogens with one attached hydrogen (secondary N) is 1. The molecule has 4 nitrogen and oxygen atoms in total. The van der Waals surface area contributed by atoms with Crippen LogP contribution in [0.5, 0.6) is 0 Å². The average Bonchev–Trinajstić information content (AvgIpc) is 2.49. The van der Waals surface area contributed by atoms with Crippen molar-refractivity contribution in [1.29, 1.82) is 0 Å². The molecule has 0 atom stereocenters. The van der Waals surface area contributed by atoms with Crippen LogP contribution in [0.2, 0.25) is 0 Å². The molecule has 1 N–H and O–H groups in total. The highest BCUT2D eigenvalue weighted by Gasteiger charge is 2.02. The summed E-state index contributed by atoms with van der Waals surface area (Å²) in [4.78, 5) is 6.30. The first kappa shape index (κ1) is 9.48. The molecule has 0 bridgehead atoms. The molecule has 0 fully saturated rings. The van der Waals surface area contributed by atoms with Gasteiger partial charge in [0.05, 0.1) is 19.4 Å². The monoisotopic (exact) mass is 170 g/mol. The molecule has 4 heteroatoms. The third-order valence-electron chi connectivity index (χ3n) is 1.79. The molecule has 1 aliphatic heterocycles. The Bertz CT molecular complexity index is 144. The molecule has 0 aromatic rings. The van der Waals surface area contributed by atoms with Gasteiger partial charge in [-0.1, -0.05) is 0 Å². The van der Waals surface area contributed by atoms with E-state index in [0.29, 0.717) is 0 Å². The van der Waals surface area contributed by atoms with Crippen molar-refractivity contribution in [3.05, 3.63) is 0 Å². The van der Waals surface area contributed by atoms with Crippen LogP contribution in [-0.4, -0.2) is 56.5 Å². The smallest absolute Gasteiger partial charge is 0.0993 e. The van der Waals surface area contributed by atoms with E-state index in [2.05, 4.69) is 34.4 Å². The molecule has 0 spiro atoms. The van der Waals surface area contributed by atoms with Gasteiger partial charge in [-0.05, 0) is 27.1 Å². The van der Waals surface area contributed by atoms with E-state index >= 15 is 0 Å². The van der Waals surface area contributed by atoms with Crippen LogP contribution in [0.15, 0.2) is 4.99 Å². The number of hydrazine groups is 1. The zero-order valence-corrected chi connectivity index (χ0v) is 7.95. The van der Waals surface area contributed by atoms with Crippen LogP contribution in [0.4, 0.5) is 0 Å². The number of hydrogen-bond donors (Lipinski definition) is 1. The maximum Gasteiger partial charge on any atom is 0.0993 e. The van der Waals surface area contributed by atoms with Crippen LogP contribution in [0.3, 0.4) is 0 Å². The molecule has 0 aromatic heterocycles. The van der Waals surface area contributed by atoms with Gasteiger partial charge in [0.25, 0.3) is 0 Å². The third-order valence-corrected chi connectivity index (χ3v) is 1.79. The second kappa shape index (κ2) is 5.11. The minimum absolute atomic E-state index is 0.931. The Balaban J connectivity index is 1.91. The molecule has 0 saturated heterocycles. The van der Waals surface area contributed by atoms with Gasteiger partial charge in [0.2, 0.25) is 0 Å². The normalized spacial score (nSPS) is 16.4. The second-order valence-electron chi connectivity index (χ2n) is 3.28. The van der Waals surface area contributed by atoms with Crippen molar-refractivity contribution in [3.63, 3.8) is 0 Å². The molecule has 0 aliphatic carbocycles. The van der Waals surface area contributed by atoms with Gasteiger partial charge in [0, 0.05) is 6.54 Å². The third kappa shape index (κ3) is 3.69. The Morgan fingerprint density at radius 2 is 2.42 bits per heavy atom. The number of aliphatic imine (C=N–C) groups is 1. The maximum absolute atomic E-state index is 4.11. The van der Waals surface area contributed by atoms with E-state index < -0.39 is 0 Å². The van der Waals surface area contributed by atoms with Crippen LogP contribution >= 0.6 is 0 Å². The molecule has 12 heavy (non-hydrogen) atoms. The first-order chi connectivity index (χ1) is 5.79. The van der Waals surface area contributed by atoms with E-state index in [1.807, 2.05) is 6.34 Å². The van der Waals surface area contributed by atoms with Crippen molar-refractivity contribution in [1.82, 2.24) is 15.3 Å². The molecule has 0 saturated carbocycles. The Morgan fingerprint density at radius 1 is 1.58 bits per heavy atom. The van der Waals surface area contributed by atoms with Crippen LogP contribution in [-0.2, 0) is 0 Å². The number of nitrogens with zero attached hydrogens (tertiary/aromatic N) is 3. The van der Waals surface area contributed by atoms with Gasteiger partial charge in [0.1, 0.15) is 0 Å². The zero-order chi connectivity index (χ0) is 8.81. The van der Waals surface area contributed by atoms with E-state index in [1.54, 1.807) is 0 Å². The Hall–Kier alpha value is -0.610. The summed E-state index contributed by atoms with van der Waals surface area (Å²) in [7, 11) is 4.19. The van der Waals surface area contributed by atoms with Gasteiger partial charge < -0.3 is 4.90 Å². The zero-order valence-electron chi connectivity index (χ0n) is 7.95. The summed E-state index contributed by atoms with van der Waals surface area (Å²) in [5, 5.41) is 2.05. The summed E-state index contributed by atoms with van der Waals surface area (Å²) in [5.74, 6) is 0. The molecule has 0 aromatic carbocycles. The molecule has 0 amide bonds. The number of rotatable bonds is 5. The molecule has 0 unspecified atom stereocenters. The van der Waals surface area contributed by atoms with Crippen LogP contribution in [0.1, 0.15) is 6.42 Å². The summed E-state index contributed by atoms with van der Waals surface area (Å²) >= 11 is 0. The van der Waals surface area contributed by atoms with Crippen molar-refractivity contribution in [2.45, 2.75) is 6.42 Å². The lowest BCUT2D eigenvalue weighted by atomic mass is 10.4. The first-order valence-corrected chi connectivity index (χ1v) is 4.44. The second-order valence-corrected chi connectivity index (χ2v) is 3.28. The highest BCUT2D eigenvalue weighted by Crippen LogP contribution is 1.88. The van der Waals surface area contributed by atoms with Gasteiger partial charge in [-0.2, -0.15) is 0 Å². The lowest BCUT2D eigenvalue weighted by Gasteiger charge is -2.16. The van der Waals surface area contributed by atoms with Gasteiger partial charge in [-0.25, -0.2) is 5.43 Å². The van der Waals surface area contributed by atoms with Gasteiger partial charge >= 0.3 is 0 Å². The Morgan fingerprint density at radius 3 is 3.00 bits per heavy atom. The standard InChI is InChI=1S/C8H18N4/c1-11(2)6-3-4-10-12-7-5-9-8-12/h8,10H,3-7H2,1-2H3. The van der Waals surface area contributed by atoms with Gasteiger partial charge in [-0.15, -0.1) is 0 Å². The van der Waals surface area contributed by atoms with Crippen molar-refractivity contribution in [2.24, 2.45) is 4.99 Å². The van der Waals surface area contributed by atoms with E-state index in [-0.39, 0.29) is 0 Å². The van der Waals surface area contributed by atoms with Crippen molar-refractivity contribution < 1.29 is 0 Å². The van der Waals surface area contributed by atoms with Gasteiger partial charge in [-0.3, -0.25) is 10.0 Å². The molecule has 70 valence electrons. The summed E-state index contributed by atoms with van der Waals surface area (Å²) in [6.45, 7) is 4.12. The predicted molar refractivity (Wildman–Crippen MR) is 51.2 cm³/mol. The molecule has 1 aliphatic rings. The molecule has 1 rings (SSSR count). The molecule has 1 heterocycles. The lowest BCUT2D eigenvalue weighted by molar-refractivity contribution is 0.318. The lowest BCUT2D eigenvalue weighted by Crippen LogP contribution is -2.36. The highest BCUT2D eigenvalue weighted by atomic mass is 15.5. The van der Waals surface area contributed by atoms with Crippen LogP contribution in [0, 0.1) is 0 Å². The fourth-order valence-corrected chi connectivity index (χ4v) is 1.12. The minimum Gasteiger partial charge on any atom is -0.309 e. The highest BCUT2D eigenvalue weighted by molar-refractivity contribution is 5.56. The summed E-state index contributed by atoms with van der Waals surface area (Å²) in [6.07, 6.45) is 3.05. The SMILES string of the molecule is CN(C)CCCNN1C=NCC1. The topological polar surface area (TPSA) is 30.9 Å². The first-order valence-electron chi connectivity index (χ1n) is 4.44. The fourth-order valence-electron chi connectivity index (χ4n) is 1.12. The van der Waals surface area contributed by atoms with E-state index in [4.69, 9.17) is 0 Å². The average molecular weight is 170 g/mol. The molecule has 0 radical (unpaired) electrons. The fraction of sp³-hybridized carbons (Fsp3) is 0.875. The largest absolute Gasteiger partial charge is 0.309 e. The van der Waals surface area contributed by atoms with Crippen LogP contribution < -0.4 is 5.43 Å². The Kier molecular flexibility index (Phi) is 4.04. The van der Waals surface area contributed by atoms with Crippen LogP contribution in [0.25, 0.3) is 0 Å². The number of hydrogen-bond acceptors (Lipinski definition) is 4. The quantitative estimate of drug-likeness (QED) is 0.579. The summed E-state index contributed by atoms with van der Waals surface area (Å²) < 4.78 is 0. The van der Waals surface area contributed by atoms with E-state index in [0.717, 1.165) is 26.2 Å². The van der Waals surface area contributed by atoms with Crippen molar-refractivity contribution in [3.8, 4) is 0 Å². The van der Waals surface area contributed by atoms with Gasteiger partial charge in [0.15, 0.2) is 0 Å². The minimum atomic E-state index is 0.931. The maximum atomic E-state index is 4.11. The Labute approximate surface area is 74.2 Å². The molecular formula is C8H18N4. The molecular weight excluding hydrogens is 152 g/mol. The predicted octanol–water partition coefficient (Wildman–Crippen LogP) is -0.213. The van der Waals surface area contributed by atoms with E-state index in [9.17, 15) is 0 Å².